The molecule has 0 N–H and O–H groups in total. The SMILES string of the molecule is N#Cc1ccc(Oc2ccc(C#N)c(Br)c2F)cc1. The van der Waals surface area contributed by atoms with E-state index < -0.39 is 5.82 Å². The van der Waals surface area contributed by atoms with Crippen LogP contribution in [0.2, 0.25) is 0 Å². The molecule has 0 heterocycles. The molecule has 19 heavy (non-hydrogen) atoms. The predicted octanol–water partition coefficient (Wildman–Crippen LogP) is 4.12. The summed E-state index contributed by atoms with van der Waals surface area (Å²) in [7, 11) is 0. The topological polar surface area (TPSA) is 56.8 Å². The summed E-state index contributed by atoms with van der Waals surface area (Å²) < 4.78 is 19.3. The maximum atomic E-state index is 13.9. The molecule has 0 amide bonds. The highest BCUT2D eigenvalue weighted by atomic mass is 79.9. The van der Waals surface area contributed by atoms with E-state index in [1.165, 1.54) is 12.1 Å². The smallest absolute Gasteiger partial charge is 0.181 e. The van der Waals surface area contributed by atoms with E-state index in [-0.39, 0.29) is 15.8 Å². The molecule has 5 heteroatoms. The fourth-order valence-corrected chi connectivity index (χ4v) is 1.84. The summed E-state index contributed by atoms with van der Waals surface area (Å²) in [6, 6.07) is 13.0. The first-order chi connectivity index (χ1) is 9.15. The minimum absolute atomic E-state index is 0.00980. The fraction of sp³-hybridized carbons (Fsp3) is 0. The van der Waals surface area contributed by atoms with Crippen molar-refractivity contribution >= 4 is 15.9 Å². The highest BCUT2D eigenvalue weighted by molar-refractivity contribution is 9.10. The van der Waals surface area contributed by atoms with Crippen molar-refractivity contribution in [3.05, 3.63) is 57.8 Å². The van der Waals surface area contributed by atoms with Gasteiger partial charge in [0.2, 0.25) is 0 Å². The normalized spacial score (nSPS) is 9.47. The summed E-state index contributed by atoms with van der Waals surface area (Å²) in [6.45, 7) is 0. The zero-order chi connectivity index (χ0) is 13.8. The summed E-state index contributed by atoms with van der Waals surface area (Å²) in [5.41, 5.74) is 0.693. The van der Waals surface area contributed by atoms with Crippen LogP contribution < -0.4 is 4.74 Å². The average Bonchev–Trinajstić information content (AvgIpc) is 2.45. The first-order valence-corrected chi connectivity index (χ1v) is 6.01. The molecule has 0 saturated heterocycles. The molecular formula is C14H6BrFN2O. The number of ether oxygens (including phenoxy) is 1. The van der Waals surface area contributed by atoms with Gasteiger partial charge in [-0.3, -0.25) is 0 Å². The molecule has 3 nitrogen and oxygen atoms in total. The van der Waals surface area contributed by atoms with Crippen LogP contribution in [-0.2, 0) is 0 Å². The summed E-state index contributed by atoms with van der Waals surface area (Å²) in [5.74, 6) is -0.214. The van der Waals surface area contributed by atoms with Gasteiger partial charge in [-0.05, 0) is 52.3 Å². The fourth-order valence-electron chi connectivity index (χ4n) is 1.42. The van der Waals surface area contributed by atoms with E-state index in [2.05, 4.69) is 15.9 Å². The summed E-state index contributed by atoms with van der Waals surface area (Å²) in [6.07, 6.45) is 0. The van der Waals surface area contributed by atoms with Gasteiger partial charge in [-0.1, -0.05) is 0 Å². The second-order valence-corrected chi connectivity index (χ2v) is 4.38. The molecular weight excluding hydrogens is 311 g/mol. The monoisotopic (exact) mass is 316 g/mol. The highest BCUT2D eigenvalue weighted by Gasteiger charge is 2.12. The molecule has 0 spiro atoms. The third-order valence-corrected chi connectivity index (χ3v) is 3.15. The Bertz CT molecular complexity index is 699. The van der Waals surface area contributed by atoms with E-state index >= 15 is 0 Å². The number of hydrogen-bond donors (Lipinski definition) is 0. The molecule has 0 aromatic heterocycles. The Morgan fingerprint density at radius 3 is 2.26 bits per heavy atom. The Kier molecular flexibility index (Phi) is 3.79. The van der Waals surface area contributed by atoms with Crippen LogP contribution in [0.3, 0.4) is 0 Å². The highest BCUT2D eigenvalue weighted by Crippen LogP contribution is 2.31. The zero-order valence-electron chi connectivity index (χ0n) is 9.52. The van der Waals surface area contributed by atoms with Crippen molar-refractivity contribution in [1.82, 2.24) is 0 Å². The van der Waals surface area contributed by atoms with Crippen LogP contribution in [0.4, 0.5) is 4.39 Å². The van der Waals surface area contributed by atoms with Gasteiger partial charge >= 0.3 is 0 Å². The molecule has 92 valence electrons. The average molecular weight is 317 g/mol. The van der Waals surface area contributed by atoms with Gasteiger partial charge < -0.3 is 4.74 Å². The molecule has 0 saturated carbocycles. The molecule has 2 aromatic rings. The molecule has 0 unspecified atom stereocenters. The van der Waals surface area contributed by atoms with Gasteiger partial charge in [-0.2, -0.15) is 10.5 Å². The summed E-state index contributed by atoms with van der Waals surface area (Å²) in [4.78, 5) is 0. The molecule has 0 aliphatic carbocycles. The number of nitrogens with zero attached hydrogens (tertiary/aromatic N) is 2. The number of halogens is 2. The maximum absolute atomic E-state index is 13.9. The first-order valence-electron chi connectivity index (χ1n) is 5.22. The lowest BCUT2D eigenvalue weighted by Crippen LogP contribution is -1.91. The van der Waals surface area contributed by atoms with Gasteiger partial charge in [-0.25, -0.2) is 4.39 Å². The largest absolute Gasteiger partial charge is 0.454 e. The van der Waals surface area contributed by atoms with Gasteiger partial charge in [0.1, 0.15) is 11.8 Å². The van der Waals surface area contributed by atoms with E-state index in [4.69, 9.17) is 15.3 Å². The zero-order valence-corrected chi connectivity index (χ0v) is 11.1. The van der Waals surface area contributed by atoms with Crippen LogP contribution in [0.15, 0.2) is 40.9 Å². The molecule has 0 fully saturated rings. The quantitative estimate of drug-likeness (QED) is 0.837. The van der Waals surface area contributed by atoms with Crippen LogP contribution in [-0.4, -0.2) is 0 Å². The standard InChI is InChI=1S/C14H6BrFN2O/c15-13-10(8-18)3-6-12(14(13)16)19-11-4-1-9(7-17)2-5-11/h1-6H. The Morgan fingerprint density at radius 1 is 1.00 bits per heavy atom. The third kappa shape index (κ3) is 2.73. The molecule has 0 aliphatic heterocycles. The van der Waals surface area contributed by atoms with Crippen molar-refractivity contribution in [3.8, 4) is 23.6 Å². The number of rotatable bonds is 2. The molecule has 0 bridgehead atoms. The van der Waals surface area contributed by atoms with Crippen molar-refractivity contribution in [1.29, 1.82) is 10.5 Å². The van der Waals surface area contributed by atoms with Crippen molar-refractivity contribution < 1.29 is 9.13 Å². The number of nitriles is 2. The first kappa shape index (κ1) is 13.1. The molecule has 0 radical (unpaired) electrons. The summed E-state index contributed by atoms with van der Waals surface area (Å²) in [5, 5.41) is 17.4. The van der Waals surface area contributed by atoms with Crippen LogP contribution in [0.25, 0.3) is 0 Å². The second kappa shape index (κ2) is 5.51. The van der Waals surface area contributed by atoms with Gasteiger partial charge in [0.15, 0.2) is 11.6 Å². The van der Waals surface area contributed by atoms with E-state index in [1.54, 1.807) is 24.3 Å². The second-order valence-electron chi connectivity index (χ2n) is 3.59. The minimum Gasteiger partial charge on any atom is -0.454 e. The van der Waals surface area contributed by atoms with Crippen molar-refractivity contribution in [3.63, 3.8) is 0 Å². The van der Waals surface area contributed by atoms with Crippen LogP contribution in [0.5, 0.6) is 11.5 Å². The maximum Gasteiger partial charge on any atom is 0.181 e. The van der Waals surface area contributed by atoms with Crippen molar-refractivity contribution in [2.24, 2.45) is 0 Å². The number of hydrogen-bond acceptors (Lipinski definition) is 3. The Balaban J connectivity index is 2.31. The van der Waals surface area contributed by atoms with Gasteiger partial charge in [0, 0.05) is 0 Å². The van der Waals surface area contributed by atoms with E-state index in [9.17, 15) is 4.39 Å². The lowest BCUT2D eigenvalue weighted by Gasteiger charge is -2.08. The molecule has 2 aromatic carbocycles. The Labute approximate surface area is 117 Å². The van der Waals surface area contributed by atoms with E-state index in [0.29, 0.717) is 11.3 Å². The lowest BCUT2D eigenvalue weighted by molar-refractivity contribution is 0.440. The third-order valence-electron chi connectivity index (χ3n) is 2.38. The van der Waals surface area contributed by atoms with E-state index in [1.807, 2.05) is 12.1 Å². The van der Waals surface area contributed by atoms with Gasteiger partial charge in [-0.15, -0.1) is 0 Å². The Morgan fingerprint density at radius 2 is 1.68 bits per heavy atom. The van der Waals surface area contributed by atoms with Crippen LogP contribution in [0.1, 0.15) is 11.1 Å². The van der Waals surface area contributed by atoms with Gasteiger partial charge in [0.05, 0.1) is 21.7 Å². The molecule has 0 atom stereocenters. The molecule has 0 aliphatic rings. The lowest BCUT2D eigenvalue weighted by atomic mass is 10.2. The van der Waals surface area contributed by atoms with E-state index in [0.717, 1.165) is 0 Å². The van der Waals surface area contributed by atoms with Crippen LogP contribution in [0, 0.1) is 28.5 Å². The van der Waals surface area contributed by atoms with Crippen molar-refractivity contribution in [2.75, 3.05) is 0 Å². The number of benzene rings is 2. The van der Waals surface area contributed by atoms with Gasteiger partial charge in [0.25, 0.3) is 0 Å². The Hall–Kier alpha value is -2.37. The predicted molar refractivity (Wildman–Crippen MR) is 70.0 cm³/mol. The molecule has 2 rings (SSSR count). The minimum atomic E-state index is -0.636. The summed E-state index contributed by atoms with van der Waals surface area (Å²) >= 11 is 3.01. The van der Waals surface area contributed by atoms with Crippen LogP contribution >= 0.6 is 15.9 Å². The van der Waals surface area contributed by atoms with Crippen molar-refractivity contribution in [2.45, 2.75) is 0 Å².